The van der Waals surface area contributed by atoms with E-state index in [9.17, 15) is 18.0 Å². The van der Waals surface area contributed by atoms with Crippen molar-refractivity contribution in [3.05, 3.63) is 59.2 Å². The number of halogens is 3. The van der Waals surface area contributed by atoms with Crippen molar-refractivity contribution in [2.24, 2.45) is 5.92 Å². The second-order valence-corrected chi connectivity index (χ2v) is 6.38. The van der Waals surface area contributed by atoms with Gasteiger partial charge in [0.2, 0.25) is 5.91 Å². The first-order chi connectivity index (χ1) is 12.3. The normalized spacial score (nSPS) is 19.9. The first-order valence-corrected chi connectivity index (χ1v) is 8.41. The van der Waals surface area contributed by atoms with Crippen LogP contribution in [-0.4, -0.2) is 18.4 Å². The zero-order chi connectivity index (χ0) is 18.9. The molecule has 1 amide bonds. The molecule has 2 aromatic rings. The molecule has 1 aliphatic rings. The van der Waals surface area contributed by atoms with Crippen molar-refractivity contribution in [2.45, 2.75) is 18.5 Å². The van der Waals surface area contributed by atoms with Crippen LogP contribution in [0.2, 0.25) is 0 Å². The number of anilines is 1. The van der Waals surface area contributed by atoms with E-state index >= 15 is 0 Å². The summed E-state index contributed by atoms with van der Waals surface area (Å²) in [6, 6.07) is 10.5. The highest BCUT2D eigenvalue weighted by atomic mass is 32.1. The molecule has 2 atom stereocenters. The van der Waals surface area contributed by atoms with Gasteiger partial charge in [-0.2, -0.15) is 13.2 Å². The van der Waals surface area contributed by atoms with Crippen molar-refractivity contribution >= 4 is 29.2 Å². The smallest absolute Gasteiger partial charge is 0.416 e. The quantitative estimate of drug-likeness (QED) is 0.792. The molecule has 1 N–H and O–H groups in total. The van der Waals surface area contributed by atoms with Crippen molar-refractivity contribution < 1.29 is 22.7 Å². The molecule has 0 spiro atoms. The van der Waals surface area contributed by atoms with Gasteiger partial charge in [-0.25, -0.2) is 0 Å². The van der Waals surface area contributed by atoms with Crippen LogP contribution in [-0.2, 0) is 17.4 Å². The highest BCUT2D eigenvalue weighted by Gasteiger charge is 2.35. The van der Waals surface area contributed by atoms with Gasteiger partial charge in [0, 0.05) is 11.6 Å². The third-order valence-electron chi connectivity index (χ3n) is 4.56. The molecule has 0 saturated heterocycles. The third-order valence-corrected chi connectivity index (χ3v) is 4.85. The van der Waals surface area contributed by atoms with Gasteiger partial charge in [-0.15, -0.1) is 0 Å². The number of ether oxygens (including phenoxy) is 1. The first kappa shape index (κ1) is 18.4. The molecule has 3 nitrogen and oxygen atoms in total. The van der Waals surface area contributed by atoms with Crippen LogP contribution in [0.1, 0.15) is 22.6 Å². The second-order valence-electron chi connectivity index (χ2n) is 6.10. The fourth-order valence-electron chi connectivity index (χ4n) is 3.16. The summed E-state index contributed by atoms with van der Waals surface area (Å²) in [4.78, 5) is 12.5. The van der Waals surface area contributed by atoms with E-state index in [0.29, 0.717) is 17.0 Å². The van der Waals surface area contributed by atoms with Gasteiger partial charge in [-0.1, -0.05) is 24.4 Å². The average Bonchev–Trinajstić information content (AvgIpc) is 2.75. The maximum absolute atomic E-state index is 13.1. The van der Waals surface area contributed by atoms with Crippen LogP contribution < -0.4 is 10.1 Å². The fourth-order valence-corrected chi connectivity index (χ4v) is 3.47. The number of fused-ring (bicyclic) bond motifs is 1. The number of rotatable bonds is 3. The van der Waals surface area contributed by atoms with E-state index in [1.54, 1.807) is 31.4 Å². The van der Waals surface area contributed by atoms with Gasteiger partial charge in [-0.05, 0) is 53.2 Å². The van der Waals surface area contributed by atoms with Crippen LogP contribution in [0.15, 0.2) is 42.5 Å². The lowest BCUT2D eigenvalue weighted by Crippen LogP contribution is -2.27. The van der Waals surface area contributed by atoms with Crippen LogP contribution in [0, 0.1) is 5.92 Å². The molecule has 0 aliphatic carbocycles. The highest BCUT2D eigenvalue weighted by Crippen LogP contribution is 2.38. The van der Waals surface area contributed by atoms with Gasteiger partial charge in [0.05, 0.1) is 18.6 Å². The van der Waals surface area contributed by atoms with Crippen molar-refractivity contribution in [3.8, 4) is 5.75 Å². The van der Waals surface area contributed by atoms with Crippen LogP contribution in [0.25, 0.3) is 0 Å². The number of carbonyl (C=O) groups excluding carboxylic acids is 1. The lowest BCUT2D eigenvalue weighted by molar-refractivity contribution is -0.137. The Bertz CT molecular complexity index is 834. The predicted octanol–water partition coefficient (Wildman–Crippen LogP) is 4.61. The predicted molar refractivity (Wildman–Crippen MR) is 96.7 cm³/mol. The summed E-state index contributed by atoms with van der Waals surface area (Å²) in [5, 5.41) is 4.07. The molecule has 26 heavy (non-hydrogen) atoms. The van der Waals surface area contributed by atoms with Gasteiger partial charge >= 0.3 is 6.18 Å². The van der Waals surface area contributed by atoms with E-state index in [2.05, 4.69) is 5.32 Å². The molecular weight excluding hydrogens is 363 g/mol. The van der Waals surface area contributed by atoms with E-state index in [4.69, 9.17) is 17.0 Å². The maximum Gasteiger partial charge on any atom is 0.416 e. The standard InChI is InChI=1S/C19H16F3NO2S/c1-25-14-5-2-11(3-6-14)15-9-12-8-13(19(20,21)22)4-7-17(12)23-18(24)16(15)10-26/h2-8,10,15-16H,9H2,1H3,(H,23,24)/t15-,16-/m1/s1. The van der Waals surface area contributed by atoms with E-state index < -0.39 is 17.7 Å². The van der Waals surface area contributed by atoms with E-state index in [0.717, 1.165) is 17.7 Å². The van der Waals surface area contributed by atoms with Crippen LogP contribution in [0.5, 0.6) is 5.75 Å². The summed E-state index contributed by atoms with van der Waals surface area (Å²) < 4.78 is 44.3. The molecule has 136 valence electrons. The molecule has 0 aromatic heterocycles. The number of amides is 1. The Morgan fingerprint density at radius 1 is 1.19 bits per heavy atom. The van der Waals surface area contributed by atoms with E-state index in [1.165, 1.54) is 11.4 Å². The molecule has 1 aliphatic heterocycles. The Labute approximate surface area is 154 Å². The summed E-state index contributed by atoms with van der Waals surface area (Å²) in [5.74, 6) is -0.645. The minimum atomic E-state index is -4.44. The average molecular weight is 379 g/mol. The number of carbonyl (C=O) groups is 1. The molecule has 0 fully saturated rings. The van der Waals surface area contributed by atoms with Gasteiger partial charge < -0.3 is 10.1 Å². The second kappa shape index (κ2) is 7.07. The largest absolute Gasteiger partial charge is 0.497 e. The van der Waals surface area contributed by atoms with Crippen LogP contribution in [0.3, 0.4) is 0 Å². The van der Waals surface area contributed by atoms with Crippen LogP contribution in [0.4, 0.5) is 18.9 Å². The molecular formula is C19H16F3NO2S. The molecule has 0 saturated carbocycles. The number of hydrogen-bond donors (Lipinski definition) is 1. The van der Waals surface area contributed by atoms with Gasteiger partial charge in [0.25, 0.3) is 0 Å². The monoisotopic (exact) mass is 379 g/mol. The minimum absolute atomic E-state index is 0.266. The number of benzene rings is 2. The molecule has 7 heteroatoms. The number of thiocarbonyl (C=S) groups is 1. The van der Waals surface area contributed by atoms with Gasteiger partial charge in [0.1, 0.15) is 5.75 Å². The van der Waals surface area contributed by atoms with Crippen molar-refractivity contribution in [1.82, 2.24) is 0 Å². The van der Waals surface area contributed by atoms with Gasteiger partial charge in [-0.3, -0.25) is 4.79 Å². The fraction of sp³-hybridized carbons (Fsp3) is 0.263. The lowest BCUT2D eigenvalue weighted by atomic mass is 9.82. The zero-order valence-corrected chi connectivity index (χ0v) is 14.7. The first-order valence-electron chi connectivity index (χ1n) is 7.93. The summed E-state index contributed by atoms with van der Waals surface area (Å²) >= 11 is 5.04. The molecule has 3 rings (SSSR count). The number of alkyl halides is 3. The summed E-state index contributed by atoms with van der Waals surface area (Å²) in [7, 11) is 1.54. The Kier molecular flexibility index (Phi) is 5.00. The number of nitrogens with one attached hydrogen (secondary N) is 1. The minimum Gasteiger partial charge on any atom is -0.497 e. The summed E-state index contributed by atoms with van der Waals surface area (Å²) in [5.41, 5.74) is 0.909. The Morgan fingerprint density at radius 2 is 1.88 bits per heavy atom. The van der Waals surface area contributed by atoms with E-state index in [1.807, 2.05) is 0 Å². The zero-order valence-electron chi connectivity index (χ0n) is 13.8. The van der Waals surface area contributed by atoms with Crippen molar-refractivity contribution in [2.75, 3.05) is 12.4 Å². The van der Waals surface area contributed by atoms with Crippen molar-refractivity contribution in [1.29, 1.82) is 0 Å². The topological polar surface area (TPSA) is 38.3 Å². The number of hydrogen-bond acceptors (Lipinski definition) is 3. The van der Waals surface area contributed by atoms with Crippen molar-refractivity contribution in [3.63, 3.8) is 0 Å². The molecule has 0 bridgehead atoms. The highest BCUT2D eigenvalue weighted by molar-refractivity contribution is 7.79. The Hall–Kier alpha value is -2.41. The van der Waals surface area contributed by atoms with E-state index in [-0.39, 0.29) is 18.2 Å². The third kappa shape index (κ3) is 3.58. The lowest BCUT2D eigenvalue weighted by Gasteiger charge is -2.21. The van der Waals surface area contributed by atoms with Crippen LogP contribution >= 0.6 is 12.2 Å². The SMILES string of the molecule is COc1ccc([C@H]2Cc3cc(C(F)(F)F)ccc3NC(=O)[C@@H]2C=S)cc1. The summed E-state index contributed by atoms with van der Waals surface area (Å²) in [6.45, 7) is 0. The molecule has 2 aromatic carbocycles. The maximum atomic E-state index is 13.1. The van der Waals surface area contributed by atoms with Gasteiger partial charge in [0.15, 0.2) is 0 Å². The Balaban J connectivity index is 2.05. The molecule has 1 heterocycles. The molecule has 0 unspecified atom stereocenters. The Morgan fingerprint density at radius 3 is 2.46 bits per heavy atom. The molecule has 0 radical (unpaired) electrons. The summed E-state index contributed by atoms with van der Waals surface area (Å²) in [6.07, 6.45) is -4.17. The number of methoxy groups -OCH3 is 1.